The zero-order valence-corrected chi connectivity index (χ0v) is 12.7. The number of hydrogen-bond acceptors (Lipinski definition) is 4. The molecule has 0 saturated heterocycles. The van der Waals surface area contributed by atoms with Crippen molar-refractivity contribution in [3.05, 3.63) is 29.3 Å². The van der Waals surface area contributed by atoms with E-state index < -0.39 is 11.9 Å². The van der Waals surface area contributed by atoms with Crippen LogP contribution in [-0.4, -0.2) is 25.1 Å². The molecule has 1 unspecified atom stereocenters. The first-order chi connectivity index (χ1) is 9.93. The smallest absolute Gasteiger partial charge is 0.318 e. The Morgan fingerprint density at radius 3 is 2.71 bits per heavy atom. The van der Waals surface area contributed by atoms with E-state index in [9.17, 15) is 9.59 Å². The maximum absolute atomic E-state index is 11.4. The van der Waals surface area contributed by atoms with Gasteiger partial charge in [0.1, 0.15) is 5.75 Å². The first-order valence-electron chi connectivity index (χ1n) is 7.00. The van der Waals surface area contributed by atoms with E-state index in [2.05, 4.69) is 12.2 Å². The summed E-state index contributed by atoms with van der Waals surface area (Å²) in [5, 5.41) is 5.35. The van der Waals surface area contributed by atoms with E-state index in [1.54, 1.807) is 0 Å². The van der Waals surface area contributed by atoms with Crippen molar-refractivity contribution in [3.63, 3.8) is 0 Å². The Kier molecular flexibility index (Phi) is 6.68. The predicted octanol–water partition coefficient (Wildman–Crippen LogP) is 1.63. The second-order valence-corrected chi connectivity index (χ2v) is 4.92. The van der Waals surface area contributed by atoms with Crippen molar-refractivity contribution in [2.24, 2.45) is 5.73 Å². The Morgan fingerprint density at radius 1 is 1.38 bits per heavy atom. The molecule has 6 nitrogen and oxygen atoms in total. The number of nitrogens with two attached hydrogens (primary N) is 1. The van der Waals surface area contributed by atoms with Crippen molar-refractivity contribution in [2.45, 2.75) is 33.2 Å². The molecule has 6 heteroatoms. The highest BCUT2D eigenvalue weighted by atomic mass is 16.5. The number of nitrogens with one attached hydrogen (secondary N) is 2. The zero-order valence-electron chi connectivity index (χ0n) is 12.7. The number of amides is 3. The SMILES string of the molecule is CCCNC(C)c1cc(C)ccc1OCC(=O)NC(N)=O. The van der Waals surface area contributed by atoms with Gasteiger partial charge in [0.25, 0.3) is 5.91 Å². The van der Waals surface area contributed by atoms with Crippen molar-refractivity contribution >= 4 is 11.9 Å². The van der Waals surface area contributed by atoms with E-state index in [0.717, 1.165) is 24.1 Å². The van der Waals surface area contributed by atoms with Gasteiger partial charge in [-0.15, -0.1) is 0 Å². The van der Waals surface area contributed by atoms with Gasteiger partial charge in [0.2, 0.25) is 0 Å². The van der Waals surface area contributed by atoms with Gasteiger partial charge in [-0.05, 0) is 32.9 Å². The largest absolute Gasteiger partial charge is 0.483 e. The van der Waals surface area contributed by atoms with Gasteiger partial charge in [-0.25, -0.2) is 4.79 Å². The minimum absolute atomic E-state index is 0.110. The molecular formula is C15H23N3O3. The number of imide groups is 1. The quantitative estimate of drug-likeness (QED) is 0.712. The van der Waals surface area contributed by atoms with Crippen molar-refractivity contribution in [1.82, 2.24) is 10.6 Å². The van der Waals surface area contributed by atoms with Crippen LogP contribution >= 0.6 is 0 Å². The van der Waals surface area contributed by atoms with Gasteiger partial charge in [0, 0.05) is 11.6 Å². The number of aryl methyl sites for hydroxylation is 1. The first kappa shape index (κ1) is 17.0. The Morgan fingerprint density at radius 2 is 2.10 bits per heavy atom. The van der Waals surface area contributed by atoms with E-state index in [0.29, 0.717) is 5.75 Å². The molecule has 0 spiro atoms. The summed E-state index contributed by atoms with van der Waals surface area (Å²) in [6.45, 7) is 6.79. The highest BCUT2D eigenvalue weighted by molar-refractivity contribution is 5.94. The van der Waals surface area contributed by atoms with Crippen LogP contribution in [0.2, 0.25) is 0 Å². The lowest BCUT2D eigenvalue weighted by Gasteiger charge is -2.18. The molecule has 1 aromatic rings. The molecule has 21 heavy (non-hydrogen) atoms. The number of ether oxygens (including phenoxy) is 1. The summed E-state index contributed by atoms with van der Waals surface area (Å²) < 4.78 is 5.50. The van der Waals surface area contributed by atoms with Gasteiger partial charge in [-0.3, -0.25) is 10.1 Å². The number of benzene rings is 1. The van der Waals surface area contributed by atoms with Crippen molar-refractivity contribution in [3.8, 4) is 5.75 Å². The summed E-state index contributed by atoms with van der Waals surface area (Å²) in [6, 6.07) is 4.99. The van der Waals surface area contributed by atoms with Crippen LogP contribution in [0.3, 0.4) is 0 Å². The summed E-state index contributed by atoms with van der Waals surface area (Å²) in [6.07, 6.45) is 1.04. The van der Waals surface area contributed by atoms with Crippen molar-refractivity contribution in [2.75, 3.05) is 13.2 Å². The molecule has 0 radical (unpaired) electrons. The third-order valence-corrected chi connectivity index (χ3v) is 2.95. The molecule has 0 aromatic heterocycles. The average Bonchev–Trinajstić information content (AvgIpc) is 2.42. The molecule has 1 aromatic carbocycles. The molecule has 0 aliphatic carbocycles. The predicted molar refractivity (Wildman–Crippen MR) is 81.1 cm³/mol. The van der Waals surface area contributed by atoms with Gasteiger partial charge >= 0.3 is 6.03 Å². The molecular weight excluding hydrogens is 270 g/mol. The van der Waals surface area contributed by atoms with E-state index in [1.165, 1.54) is 0 Å². The summed E-state index contributed by atoms with van der Waals surface area (Å²) in [5.74, 6) is 0.0551. The third-order valence-electron chi connectivity index (χ3n) is 2.95. The highest BCUT2D eigenvalue weighted by Crippen LogP contribution is 2.26. The standard InChI is InChI=1S/C15H23N3O3/c1-4-7-17-11(3)12-8-10(2)5-6-13(12)21-9-14(19)18-15(16)20/h5-6,8,11,17H,4,7,9H2,1-3H3,(H3,16,18,19,20). The summed E-state index contributed by atoms with van der Waals surface area (Å²) in [5.41, 5.74) is 6.98. The lowest BCUT2D eigenvalue weighted by atomic mass is 10.0. The van der Waals surface area contributed by atoms with Gasteiger partial charge in [-0.1, -0.05) is 24.6 Å². The third kappa shape index (κ3) is 5.83. The molecule has 4 N–H and O–H groups in total. The van der Waals surface area contributed by atoms with Crippen LogP contribution in [0, 0.1) is 6.92 Å². The average molecular weight is 293 g/mol. The fourth-order valence-corrected chi connectivity index (χ4v) is 1.93. The molecule has 1 rings (SSSR count). The normalized spacial score (nSPS) is 11.8. The lowest BCUT2D eigenvalue weighted by molar-refractivity contribution is -0.121. The van der Waals surface area contributed by atoms with Gasteiger partial charge in [0.05, 0.1) is 0 Å². The maximum Gasteiger partial charge on any atom is 0.318 e. The van der Waals surface area contributed by atoms with Crippen LogP contribution in [-0.2, 0) is 4.79 Å². The van der Waals surface area contributed by atoms with Crippen molar-refractivity contribution in [1.29, 1.82) is 0 Å². The molecule has 0 fully saturated rings. The maximum atomic E-state index is 11.4. The fraction of sp³-hybridized carbons (Fsp3) is 0.467. The second-order valence-electron chi connectivity index (χ2n) is 4.92. The van der Waals surface area contributed by atoms with E-state index >= 15 is 0 Å². The number of rotatable bonds is 7. The van der Waals surface area contributed by atoms with E-state index in [-0.39, 0.29) is 12.6 Å². The highest BCUT2D eigenvalue weighted by Gasteiger charge is 2.13. The molecule has 0 saturated carbocycles. The summed E-state index contributed by atoms with van der Waals surface area (Å²) >= 11 is 0. The Hall–Kier alpha value is -2.08. The zero-order chi connectivity index (χ0) is 15.8. The number of primary amides is 1. The van der Waals surface area contributed by atoms with Gasteiger partial charge in [-0.2, -0.15) is 0 Å². The Bertz CT molecular complexity index is 503. The molecule has 0 aliphatic rings. The van der Waals surface area contributed by atoms with E-state index in [1.807, 2.05) is 37.4 Å². The van der Waals surface area contributed by atoms with Crippen LogP contribution < -0.4 is 21.1 Å². The van der Waals surface area contributed by atoms with Crippen LogP contribution in [0.4, 0.5) is 4.79 Å². The fourth-order valence-electron chi connectivity index (χ4n) is 1.93. The molecule has 0 bridgehead atoms. The minimum atomic E-state index is -0.884. The van der Waals surface area contributed by atoms with Gasteiger partial charge < -0.3 is 15.8 Å². The molecule has 0 aliphatic heterocycles. The van der Waals surface area contributed by atoms with Crippen LogP contribution in [0.1, 0.15) is 37.4 Å². The minimum Gasteiger partial charge on any atom is -0.483 e. The number of carbonyl (C=O) groups excluding carboxylic acids is 2. The van der Waals surface area contributed by atoms with E-state index in [4.69, 9.17) is 10.5 Å². The van der Waals surface area contributed by atoms with Crippen molar-refractivity contribution < 1.29 is 14.3 Å². The molecule has 0 heterocycles. The molecule has 1 atom stereocenters. The number of urea groups is 1. The Labute approximate surface area is 125 Å². The molecule has 3 amide bonds. The topological polar surface area (TPSA) is 93.4 Å². The lowest BCUT2D eigenvalue weighted by Crippen LogP contribution is -2.38. The number of carbonyl (C=O) groups is 2. The van der Waals surface area contributed by atoms with Gasteiger partial charge in [0.15, 0.2) is 6.61 Å². The summed E-state index contributed by atoms with van der Waals surface area (Å²) in [7, 11) is 0. The summed E-state index contributed by atoms with van der Waals surface area (Å²) in [4.78, 5) is 22.0. The first-order valence-corrected chi connectivity index (χ1v) is 7.00. The Balaban J connectivity index is 2.76. The molecule has 116 valence electrons. The monoisotopic (exact) mass is 293 g/mol. The van der Waals surface area contributed by atoms with Crippen LogP contribution in [0.15, 0.2) is 18.2 Å². The number of hydrogen-bond donors (Lipinski definition) is 3. The second kappa shape index (κ2) is 8.26. The van der Waals surface area contributed by atoms with Crippen LogP contribution in [0.5, 0.6) is 5.75 Å². The van der Waals surface area contributed by atoms with Crippen LogP contribution in [0.25, 0.3) is 0 Å².